The Labute approximate surface area is 154 Å². The van der Waals surface area contributed by atoms with Crippen LogP contribution in [0.15, 0.2) is 24.3 Å². The lowest BCUT2D eigenvalue weighted by Crippen LogP contribution is -2.49. The molecule has 0 aromatic heterocycles. The van der Waals surface area contributed by atoms with Gasteiger partial charge in [0, 0.05) is 12.6 Å². The van der Waals surface area contributed by atoms with Gasteiger partial charge in [0.1, 0.15) is 5.82 Å². The second-order valence-corrected chi connectivity index (χ2v) is 6.15. The molecule has 1 heterocycles. The highest BCUT2D eigenvalue weighted by atomic mass is 35.5. The molecule has 0 bridgehead atoms. The van der Waals surface area contributed by atoms with Gasteiger partial charge >= 0.3 is 0 Å². The van der Waals surface area contributed by atoms with E-state index < -0.39 is 0 Å². The van der Waals surface area contributed by atoms with Crippen LogP contribution in [0.1, 0.15) is 31.7 Å². The Morgan fingerprint density at radius 1 is 1.32 bits per heavy atom. The van der Waals surface area contributed by atoms with Crippen molar-refractivity contribution in [2.75, 3.05) is 26.2 Å². The number of hydrogen-bond donors (Lipinski definition) is 2. The fourth-order valence-corrected chi connectivity index (χ4v) is 3.04. The quantitative estimate of drug-likeness (QED) is 0.769. The average molecular weight is 372 g/mol. The van der Waals surface area contributed by atoms with Gasteiger partial charge in [-0.1, -0.05) is 19.1 Å². The molecule has 0 unspecified atom stereocenters. The summed E-state index contributed by atoms with van der Waals surface area (Å²) in [6, 6.07) is 6.19. The Bertz CT molecular complexity index is 565. The molecule has 1 aliphatic rings. The van der Waals surface area contributed by atoms with Gasteiger partial charge in [-0.25, -0.2) is 4.39 Å². The lowest BCUT2D eigenvalue weighted by molar-refractivity contribution is -0.135. The van der Waals surface area contributed by atoms with E-state index in [2.05, 4.69) is 10.6 Å². The third kappa shape index (κ3) is 7.00. The van der Waals surface area contributed by atoms with Crippen molar-refractivity contribution >= 4 is 24.2 Å². The molecule has 1 saturated heterocycles. The van der Waals surface area contributed by atoms with Gasteiger partial charge in [0.05, 0.1) is 13.0 Å². The molecular formula is C18H27ClFN3O2. The zero-order valence-corrected chi connectivity index (χ0v) is 15.4. The fraction of sp³-hybridized carbons (Fsp3) is 0.556. The van der Waals surface area contributed by atoms with Crippen LogP contribution in [0.25, 0.3) is 0 Å². The first-order chi connectivity index (χ1) is 11.6. The third-order valence-electron chi connectivity index (χ3n) is 4.22. The van der Waals surface area contributed by atoms with Gasteiger partial charge < -0.3 is 15.5 Å². The van der Waals surface area contributed by atoms with Gasteiger partial charge in [-0.15, -0.1) is 12.4 Å². The maximum absolute atomic E-state index is 13.1. The van der Waals surface area contributed by atoms with E-state index in [0.29, 0.717) is 12.1 Å². The topological polar surface area (TPSA) is 61.4 Å². The molecule has 2 rings (SSSR count). The van der Waals surface area contributed by atoms with Gasteiger partial charge in [0.25, 0.3) is 0 Å². The maximum Gasteiger partial charge on any atom is 0.242 e. The Morgan fingerprint density at radius 2 is 2.04 bits per heavy atom. The summed E-state index contributed by atoms with van der Waals surface area (Å²) >= 11 is 0. The van der Waals surface area contributed by atoms with Crippen molar-refractivity contribution in [1.29, 1.82) is 0 Å². The molecule has 140 valence electrons. The van der Waals surface area contributed by atoms with Crippen LogP contribution in [0, 0.1) is 5.82 Å². The lowest BCUT2D eigenvalue weighted by Gasteiger charge is -2.34. The second-order valence-electron chi connectivity index (χ2n) is 6.15. The van der Waals surface area contributed by atoms with E-state index in [-0.39, 0.29) is 49.0 Å². The SMILES string of the molecule is CCCN(C(=O)CNC(=O)Cc1cccc(F)c1)C1CCNCC1.Cl. The van der Waals surface area contributed by atoms with Crippen molar-refractivity contribution < 1.29 is 14.0 Å². The molecular weight excluding hydrogens is 345 g/mol. The Hall–Kier alpha value is -1.66. The predicted octanol–water partition coefficient (Wildman–Crippen LogP) is 1.90. The van der Waals surface area contributed by atoms with Crippen LogP contribution < -0.4 is 10.6 Å². The van der Waals surface area contributed by atoms with Crippen molar-refractivity contribution in [3.8, 4) is 0 Å². The smallest absolute Gasteiger partial charge is 0.242 e. The fourth-order valence-electron chi connectivity index (χ4n) is 3.04. The van der Waals surface area contributed by atoms with Crippen LogP contribution in [0.5, 0.6) is 0 Å². The minimum atomic E-state index is -0.364. The first-order valence-electron chi connectivity index (χ1n) is 8.61. The molecule has 0 saturated carbocycles. The zero-order chi connectivity index (χ0) is 17.4. The number of amides is 2. The molecule has 0 radical (unpaired) electrons. The Morgan fingerprint density at radius 3 is 2.68 bits per heavy atom. The number of carbonyl (C=O) groups is 2. The molecule has 2 amide bonds. The zero-order valence-electron chi connectivity index (χ0n) is 14.6. The third-order valence-corrected chi connectivity index (χ3v) is 4.22. The first kappa shape index (κ1) is 21.4. The van der Waals surface area contributed by atoms with Crippen molar-refractivity contribution in [3.63, 3.8) is 0 Å². The standard InChI is InChI=1S/C18H26FN3O2.ClH/c1-2-10-22(16-6-8-20-9-7-16)18(24)13-21-17(23)12-14-4-3-5-15(19)11-14;/h3-5,11,16,20H,2,6-10,12-13H2,1H3,(H,21,23);1H. The molecule has 1 aromatic rings. The number of hydrogen-bond acceptors (Lipinski definition) is 3. The number of benzene rings is 1. The van der Waals surface area contributed by atoms with Crippen molar-refractivity contribution in [2.24, 2.45) is 0 Å². The van der Waals surface area contributed by atoms with E-state index in [9.17, 15) is 14.0 Å². The summed E-state index contributed by atoms with van der Waals surface area (Å²) in [7, 11) is 0. The highest BCUT2D eigenvalue weighted by molar-refractivity contribution is 5.86. The molecule has 2 N–H and O–H groups in total. The number of nitrogens with zero attached hydrogens (tertiary/aromatic N) is 1. The second kappa shape index (κ2) is 11.1. The molecule has 1 aliphatic heterocycles. The average Bonchev–Trinajstić information content (AvgIpc) is 2.58. The van der Waals surface area contributed by atoms with E-state index in [1.807, 2.05) is 11.8 Å². The highest BCUT2D eigenvalue weighted by Crippen LogP contribution is 2.12. The van der Waals surface area contributed by atoms with E-state index in [1.54, 1.807) is 12.1 Å². The molecule has 5 nitrogen and oxygen atoms in total. The molecule has 0 spiro atoms. The number of carbonyl (C=O) groups excluding carboxylic acids is 2. The molecule has 25 heavy (non-hydrogen) atoms. The lowest BCUT2D eigenvalue weighted by atomic mass is 10.0. The maximum atomic E-state index is 13.1. The van der Waals surface area contributed by atoms with Crippen molar-refractivity contribution in [1.82, 2.24) is 15.5 Å². The largest absolute Gasteiger partial charge is 0.347 e. The summed E-state index contributed by atoms with van der Waals surface area (Å²) in [5, 5.41) is 5.95. The summed E-state index contributed by atoms with van der Waals surface area (Å²) in [6.07, 6.45) is 2.87. The number of halogens is 2. The first-order valence-corrected chi connectivity index (χ1v) is 8.61. The molecule has 7 heteroatoms. The Balaban J connectivity index is 0.00000312. The van der Waals surface area contributed by atoms with Gasteiger partial charge in [0.2, 0.25) is 11.8 Å². The van der Waals surface area contributed by atoms with E-state index in [4.69, 9.17) is 0 Å². The van der Waals surface area contributed by atoms with E-state index in [0.717, 1.165) is 32.4 Å². The monoisotopic (exact) mass is 371 g/mol. The molecule has 0 atom stereocenters. The summed E-state index contributed by atoms with van der Waals surface area (Å²) in [5.74, 6) is -0.677. The summed E-state index contributed by atoms with van der Waals surface area (Å²) in [6.45, 7) is 4.60. The summed E-state index contributed by atoms with van der Waals surface area (Å²) in [5.41, 5.74) is 0.601. The van der Waals surface area contributed by atoms with Crippen LogP contribution in [0.3, 0.4) is 0 Å². The van der Waals surface area contributed by atoms with Crippen LogP contribution in [-0.2, 0) is 16.0 Å². The van der Waals surface area contributed by atoms with E-state index in [1.165, 1.54) is 12.1 Å². The number of piperidine rings is 1. The summed E-state index contributed by atoms with van der Waals surface area (Å²) in [4.78, 5) is 26.3. The van der Waals surface area contributed by atoms with Gasteiger partial charge in [-0.2, -0.15) is 0 Å². The van der Waals surface area contributed by atoms with Gasteiger partial charge in [-0.3, -0.25) is 9.59 Å². The van der Waals surface area contributed by atoms with Crippen molar-refractivity contribution in [3.05, 3.63) is 35.6 Å². The summed E-state index contributed by atoms with van der Waals surface area (Å²) < 4.78 is 13.1. The minimum absolute atomic E-state index is 0. The van der Waals surface area contributed by atoms with Crippen LogP contribution in [0.2, 0.25) is 0 Å². The van der Waals surface area contributed by atoms with Crippen LogP contribution in [-0.4, -0.2) is 48.9 Å². The Kier molecular flexibility index (Phi) is 9.45. The molecule has 1 aromatic carbocycles. The van der Waals surface area contributed by atoms with Crippen LogP contribution >= 0.6 is 12.4 Å². The normalized spacial score (nSPS) is 14.5. The van der Waals surface area contributed by atoms with Crippen molar-refractivity contribution in [2.45, 2.75) is 38.6 Å². The highest BCUT2D eigenvalue weighted by Gasteiger charge is 2.24. The van der Waals surface area contributed by atoms with Gasteiger partial charge in [-0.05, 0) is 50.0 Å². The number of nitrogens with one attached hydrogen (secondary N) is 2. The van der Waals surface area contributed by atoms with E-state index >= 15 is 0 Å². The minimum Gasteiger partial charge on any atom is -0.347 e. The molecule has 0 aliphatic carbocycles. The number of rotatable bonds is 7. The predicted molar refractivity (Wildman–Crippen MR) is 98.3 cm³/mol. The van der Waals surface area contributed by atoms with Crippen LogP contribution in [0.4, 0.5) is 4.39 Å². The molecule has 1 fully saturated rings. The van der Waals surface area contributed by atoms with Gasteiger partial charge in [0.15, 0.2) is 0 Å².